The molecule has 1 aromatic carbocycles. The highest BCUT2D eigenvalue weighted by Crippen LogP contribution is 2.35. The molecule has 92 valence electrons. The van der Waals surface area contributed by atoms with E-state index >= 15 is 0 Å². The molecular weight excluding hydrogens is 296 g/mol. The Bertz CT molecular complexity index is 575. The molecule has 18 heavy (non-hydrogen) atoms. The topological polar surface area (TPSA) is 43.4 Å². The highest BCUT2D eigenvalue weighted by Gasteiger charge is 2.16. The van der Waals surface area contributed by atoms with Crippen LogP contribution in [0.3, 0.4) is 0 Å². The summed E-state index contributed by atoms with van der Waals surface area (Å²) in [5.41, 5.74) is 1.06. The van der Waals surface area contributed by atoms with Gasteiger partial charge in [0.15, 0.2) is 11.5 Å². The Morgan fingerprint density at radius 2 is 2.06 bits per heavy atom. The number of benzene rings is 1. The smallest absolute Gasteiger partial charge is 0.231 e. The van der Waals surface area contributed by atoms with E-state index in [1.807, 2.05) is 36.4 Å². The molecule has 1 aromatic heterocycles. The Balaban J connectivity index is 1.76. The fourth-order valence-corrected chi connectivity index (χ4v) is 2.17. The average molecular weight is 307 g/mol. The fourth-order valence-electron chi connectivity index (χ4n) is 1.82. The number of pyridine rings is 1. The van der Waals surface area contributed by atoms with Crippen molar-refractivity contribution in [2.24, 2.45) is 0 Å². The summed E-state index contributed by atoms with van der Waals surface area (Å²) in [6.45, 7) is 0.942. The maximum Gasteiger partial charge on any atom is 0.231 e. The lowest BCUT2D eigenvalue weighted by molar-refractivity contribution is 0.173. The van der Waals surface area contributed by atoms with Gasteiger partial charge in [-0.05, 0) is 34.1 Å². The molecular formula is C13H11BrN2O2. The first-order valence-electron chi connectivity index (χ1n) is 5.57. The number of aromatic nitrogens is 1. The Kier molecular flexibility index (Phi) is 3.06. The summed E-state index contributed by atoms with van der Waals surface area (Å²) in [5, 5.41) is 3.25. The molecule has 0 amide bonds. The van der Waals surface area contributed by atoms with Crippen molar-refractivity contribution < 1.29 is 9.47 Å². The number of ether oxygens (including phenoxy) is 2. The molecule has 2 heterocycles. The molecule has 2 aromatic rings. The molecule has 0 spiro atoms. The third kappa shape index (κ3) is 2.26. The molecule has 0 radical (unpaired) electrons. The van der Waals surface area contributed by atoms with Crippen LogP contribution >= 0.6 is 15.9 Å². The molecule has 0 aliphatic carbocycles. The van der Waals surface area contributed by atoms with Gasteiger partial charge in [0.1, 0.15) is 10.4 Å². The molecule has 0 unspecified atom stereocenters. The number of nitrogens with one attached hydrogen (secondary N) is 1. The Hall–Kier alpha value is -1.75. The van der Waals surface area contributed by atoms with Crippen LogP contribution in [0.15, 0.2) is 41.0 Å². The van der Waals surface area contributed by atoms with Crippen molar-refractivity contribution in [3.63, 3.8) is 0 Å². The molecule has 1 aliphatic heterocycles. The summed E-state index contributed by atoms with van der Waals surface area (Å²) in [7, 11) is 0. The zero-order chi connectivity index (χ0) is 12.4. The molecule has 3 rings (SSSR count). The first-order valence-corrected chi connectivity index (χ1v) is 6.36. The molecule has 4 nitrogen and oxygen atoms in total. The number of halogens is 1. The van der Waals surface area contributed by atoms with Crippen LogP contribution < -0.4 is 14.8 Å². The van der Waals surface area contributed by atoms with E-state index in [9.17, 15) is 0 Å². The van der Waals surface area contributed by atoms with Crippen LogP contribution in [0.2, 0.25) is 0 Å². The molecule has 1 aliphatic rings. The Labute approximate surface area is 113 Å². The van der Waals surface area contributed by atoms with Gasteiger partial charge in [-0.15, -0.1) is 0 Å². The van der Waals surface area contributed by atoms with Crippen LogP contribution in [0.5, 0.6) is 11.5 Å². The highest BCUT2D eigenvalue weighted by atomic mass is 79.9. The molecule has 5 heteroatoms. The predicted octanol–water partition coefficient (Wildman–Crippen LogP) is 3.18. The van der Waals surface area contributed by atoms with E-state index in [1.54, 1.807) is 0 Å². The SMILES string of the molecule is Brc1cccc(NCc2cccc3c2OCO3)n1. The van der Waals surface area contributed by atoms with E-state index in [4.69, 9.17) is 9.47 Å². The number of nitrogens with zero attached hydrogens (tertiary/aromatic N) is 1. The van der Waals surface area contributed by atoms with E-state index in [0.29, 0.717) is 13.3 Å². The van der Waals surface area contributed by atoms with Crippen molar-refractivity contribution in [3.05, 3.63) is 46.6 Å². The highest BCUT2D eigenvalue weighted by molar-refractivity contribution is 9.10. The third-order valence-corrected chi connectivity index (χ3v) is 3.09. The number of para-hydroxylation sites is 1. The van der Waals surface area contributed by atoms with Gasteiger partial charge in [-0.2, -0.15) is 0 Å². The number of rotatable bonds is 3. The summed E-state index contributed by atoms with van der Waals surface area (Å²) in [5.74, 6) is 2.44. The standard InChI is InChI=1S/C13H11BrN2O2/c14-11-5-2-6-12(16-11)15-7-9-3-1-4-10-13(9)18-8-17-10/h1-6H,7-8H2,(H,15,16). The minimum absolute atomic E-state index is 0.293. The average Bonchev–Trinajstić information content (AvgIpc) is 2.85. The van der Waals surface area contributed by atoms with Gasteiger partial charge >= 0.3 is 0 Å². The van der Waals surface area contributed by atoms with Crippen molar-refractivity contribution in [2.45, 2.75) is 6.54 Å². The van der Waals surface area contributed by atoms with E-state index in [1.165, 1.54) is 0 Å². The molecule has 0 saturated heterocycles. The van der Waals surface area contributed by atoms with Gasteiger partial charge in [0.2, 0.25) is 6.79 Å². The van der Waals surface area contributed by atoms with Gasteiger partial charge in [-0.25, -0.2) is 4.98 Å². The van der Waals surface area contributed by atoms with Gasteiger partial charge in [0, 0.05) is 12.1 Å². The Morgan fingerprint density at radius 3 is 2.94 bits per heavy atom. The number of hydrogen-bond acceptors (Lipinski definition) is 4. The monoisotopic (exact) mass is 306 g/mol. The first kappa shape index (κ1) is 11.3. The third-order valence-electron chi connectivity index (χ3n) is 2.65. The van der Waals surface area contributed by atoms with Crippen molar-refractivity contribution >= 4 is 21.7 Å². The summed E-state index contributed by atoms with van der Waals surface area (Å²) >= 11 is 3.34. The summed E-state index contributed by atoms with van der Waals surface area (Å²) in [4.78, 5) is 4.32. The molecule has 0 saturated carbocycles. The lowest BCUT2D eigenvalue weighted by Crippen LogP contribution is -2.02. The molecule has 0 atom stereocenters. The normalized spacial score (nSPS) is 12.5. The van der Waals surface area contributed by atoms with Crippen molar-refractivity contribution in [1.82, 2.24) is 4.98 Å². The summed E-state index contributed by atoms with van der Waals surface area (Å²) in [6.07, 6.45) is 0. The quantitative estimate of drug-likeness (QED) is 0.885. The summed E-state index contributed by atoms with van der Waals surface area (Å²) in [6, 6.07) is 11.6. The molecule has 1 N–H and O–H groups in total. The van der Waals surface area contributed by atoms with Gasteiger partial charge < -0.3 is 14.8 Å². The summed E-state index contributed by atoms with van der Waals surface area (Å²) < 4.78 is 11.6. The lowest BCUT2D eigenvalue weighted by Gasteiger charge is -2.08. The fraction of sp³-hybridized carbons (Fsp3) is 0.154. The van der Waals surface area contributed by atoms with E-state index in [0.717, 1.165) is 27.5 Å². The number of hydrogen-bond donors (Lipinski definition) is 1. The van der Waals surface area contributed by atoms with Gasteiger partial charge in [-0.1, -0.05) is 18.2 Å². The lowest BCUT2D eigenvalue weighted by atomic mass is 10.2. The van der Waals surface area contributed by atoms with Gasteiger partial charge in [-0.3, -0.25) is 0 Å². The second kappa shape index (κ2) is 4.86. The zero-order valence-corrected chi connectivity index (χ0v) is 11.1. The zero-order valence-electron chi connectivity index (χ0n) is 9.52. The number of fused-ring (bicyclic) bond motifs is 1. The van der Waals surface area contributed by atoms with Gasteiger partial charge in [0.25, 0.3) is 0 Å². The van der Waals surface area contributed by atoms with Crippen molar-refractivity contribution in [2.75, 3.05) is 12.1 Å². The maximum absolute atomic E-state index is 5.45. The number of anilines is 1. The van der Waals surface area contributed by atoms with Crippen molar-refractivity contribution in [3.8, 4) is 11.5 Å². The minimum Gasteiger partial charge on any atom is -0.454 e. The maximum atomic E-state index is 5.45. The van der Waals surface area contributed by atoms with Crippen LogP contribution in [0, 0.1) is 0 Å². The van der Waals surface area contributed by atoms with Crippen LogP contribution in [0.25, 0.3) is 0 Å². The van der Waals surface area contributed by atoms with E-state index < -0.39 is 0 Å². The predicted molar refractivity (Wildman–Crippen MR) is 71.8 cm³/mol. The molecule has 0 bridgehead atoms. The van der Waals surface area contributed by atoms with Crippen LogP contribution in [-0.4, -0.2) is 11.8 Å². The van der Waals surface area contributed by atoms with Crippen LogP contribution in [-0.2, 0) is 6.54 Å². The Morgan fingerprint density at radius 1 is 1.17 bits per heavy atom. The van der Waals surface area contributed by atoms with Crippen LogP contribution in [0.4, 0.5) is 5.82 Å². The van der Waals surface area contributed by atoms with Gasteiger partial charge in [0.05, 0.1) is 0 Å². The largest absolute Gasteiger partial charge is 0.454 e. The first-order chi connectivity index (χ1) is 8.83. The van der Waals surface area contributed by atoms with Crippen LogP contribution in [0.1, 0.15) is 5.56 Å². The second-order valence-electron chi connectivity index (χ2n) is 3.85. The van der Waals surface area contributed by atoms with E-state index in [-0.39, 0.29) is 0 Å². The second-order valence-corrected chi connectivity index (χ2v) is 4.66. The van der Waals surface area contributed by atoms with E-state index in [2.05, 4.69) is 26.2 Å². The minimum atomic E-state index is 0.293. The molecule has 0 fully saturated rings. The van der Waals surface area contributed by atoms with Crippen molar-refractivity contribution in [1.29, 1.82) is 0 Å².